The molecule has 0 aliphatic heterocycles. The molecule has 1 amide bonds. The molecule has 0 saturated heterocycles. The van der Waals surface area contributed by atoms with Crippen LogP contribution in [-0.4, -0.2) is 47.5 Å². The van der Waals surface area contributed by atoms with Gasteiger partial charge in [0, 0.05) is 19.1 Å². The lowest BCUT2D eigenvalue weighted by atomic mass is 10.1. The molecule has 136 valence electrons. The third-order valence-electron chi connectivity index (χ3n) is 2.94. The lowest BCUT2D eigenvalue weighted by Gasteiger charge is -2.25. The molecular weight excluding hydrogens is 419 g/mol. The summed E-state index contributed by atoms with van der Waals surface area (Å²) in [5.74, 6) is 0.862. The fraction of sp³-hybridized carbons (Fsp3) is 0.529. The summed E-state index contributed by atoms with van der Waals surface area (Å²) in [6.07, 6.45) is 0. The first-order chi connectivity index (χ1) is 10.7. The summed E-state index contributed by atoms with van der Waals surface area (Å²) in [4.78, 5) is 18.4. The fourth-order valence-corrected chi connectivity index (χ4v) is 1.99. The second-order valence-corrected chi connectivity index (χ2v) is 6.49. The van der Waals surface area contributed by atoms with Gasteiger partial charge in [-0.25, -0.2) is 4.99 Å². The summed E-state index contributed by atoms with van der Waals surface area (Å²) >= 11 is 0. The molecule has 0 bridgehead atoms. The highest BCUT2D eigenvalue weighted by Gasteiger charge is 2.16. The van der Waals surface area contributed by atoms with Gasteiger partial charge in [-0.2, -0.15) is 0 Å². The van der Waals surface area contributed by atoms with E-state index in [4.69, 9.17) is 0 Å². The Balaban J connectivity index is 0.00000529. The summed E-state index contributed by atoms with van der Waals surface area (Å²) in [5, 5.41) is 15.4. The van der Waals surface area contributed by atoms with Crippen molar-refractivity contribution in [2.45, 2.75) is 39.8 Å². The van der Waals surface area contributed by atoms with Gasteiger partial charge in [0.2, 0.25) is 5.91 Å². The van der Waals surface area contributed by atoms with Crippen LogP contribution in [0.25, 0.3) is 0 Å². The van der Waals surface area contributed by atoms with Crippen molar-refractivity contribution in [3.63, 3.8) is 0 Å². The largest absolute Gasteiger partial charge is 0.508 e. The van der Waals surface area contributed by atoms with Crippen molar-refractivity contribution in [2.75, 3.05) is 20.1 Å². The van der Waals surface area contributed by atoms with E-state index in [1.54, 1.807) is 17.0 Å². The van der Waals surface area contributed by atoms with Crippen molar-refractivity contribution in [3.05, 3.63) is 29.8 Å². The molecule has 0 saturated carbocycles. The van der Waals surface area contributed by atoms with Gasteiger partial charge in [0.1, 0.15) is 5.75 Å². The molecule has 0 aliphatic rings. The van der Waals surface area contributed by atoms with Gasteiger partial charge in [0.15, 0.2) is 5.96 Å². The zero-order valence-corrected chi connectivity index (χ0v) is 17.4. The summed E-state index contributed by atoms with van der Waals surface area (Å²) < 4.78 is 0. The smallest absolute Gasteiger partial charge is 0.240 e. The predicted molar refractivity (Wildman–Crippen MR) is 109 cm³/mol. The fourth-order valence-electron chi connectivity index (χ4n) is 1.99. The van der Waals surface area contributed by atoms with E-state index in [-0.39, 0.29) is 47.7 Å². The molecule has 0 fully saturated rings. The average Bonchev–Trinajstić information content (AvgIpc) is 2.42. The number of carbonyl (C=O) groups is 1. The molecule has 3 N–H and O–H groups in total. The molecule has 24 heavy (non-hydrogen) atoms. The van der Waals surface area contributed by atoms with Crippen LogP contribution in [0.15, 0.2) is 29.3 Å². The molecule has 0 unspecified atom stereocenters. The maximum Gasteiger partial charge on any atom is 0.240 e. The van der Waals surface area contributed by atoms with Crippen molar-refractivity contribution in [1.29, 1.82) is 0 Å². The van der Waals surface area contributed by atoms with E-state index in [1.165, 1.54) is 0 Å². The van der Waals surface area contributed by atoms with Crippen molar-refractivity contribution < 1.29 is 9.90 Å². The molecule has 1 aromatic carbocycles. The zero-order valence-electron chi connectivity index (χ0n) is 15.1. The number of nitrogens with zero attached hydrogens (tertiary/aromatic N) is 2. The van der Waals surface area contributed by atoms with Crippen LogP contribution in [-0.2, 0) is 11.3 Å². The minimum absolute atomic E-state index is 0. The second kappa shape index (κ2) is 10.4. The van der Waals surface area contributed by atoms with Gasteiger partial charge in [0.25, 0.3) is 0 Å². The minimum atomic E-state index is -0.251. The first kappa shape index (κ1) is 22.5. The number of amides is 1. The summed E-state index contributed by atoms with van der Waals surface area (Å²) in [7, 11) is 1.83. The highest BCUT2D eigenvalue weighted by Crippen LogP contribution is 2.10. The zero-order chi connectivity index (χ0) is 17.5. The average molecular weight is 448 g/mol. The van der Waals surface area contributed by atoms with Crippen LogP contribution in [0.1, 0.15) is 33.3 Å². The molecule has 0 aliphatic carbocycles. The molecule has 0 radical (unpaired) electrons. The number of rotatable bonds is 5. The van der Waals surface area contributed by atoms with Gasteiger partial charge >= 0.3 is 0 Å². The van der Waals surface area contributed by atoms with Gasteiger partial charge in [-0.15, -0.1) is 24.0 Å². The summed E-state index contributed by atoms with van der Waals surface area (Å²) in [6, 6.07) is 6.93. The quantitative estimate of drug-likeness (QED) is 0.367. The number of halogens is 1. The predicted octanol–water partition coefficient (Wildman–Crippen LogP) is 2.32. The monoisotopic (exact) mass is 448 g/mol. The van der Waals surface area contributed by atoms with Crippen LogP contribution in [0, 0.1) is 0 Å². The molecule has 7 heteroatoms. The standard InChI is InChI=1S/C17H28N4O2.HI/c1-6-18-16(19-11-13-7-9-14(22)10-8-13)21(5)12-15(23)20-17(2,3)4;/h7-10,22H,6,11-12H2,1-5H3,(H,18,19)(H,20,23);1H. The highest BCUT2D eigenvalue weighted by atomic mass is 127. The Morgan fingerprint density at radius 3 is 2.33 bits per heavy atom. The molecule has 0 spiro atoms. The maximum absolute atomic E-state index is 12.0. The molecule has 1 aromatic rings. The highest BCUT2D eigenvalue weighted by molar-refractivity contribution is 14.0. The second-order valence-electron chi connectivity index (χ2n) is 6.49. The Morgan fingerprint density at radius 1 is 1.25 bits per heavy atom. The van der Waals surface area contributed by atoms with Gasteiger partial charge < -0.3 is 20.6 Å². The molecule has 6 nitrogen and oxygen atoms in total. The van der Waals surface area contributed by atoms with E-state index in [0.717, 1.165) is 12.1 Å². The van der Waals surface area contributed by atoms with E-state index in [9.17, 15) is 9.90 Å². The number of benzene rings is 1. The Labute approximate surface area is 161 Å². The summed E-state index contributed by atoms with van der Waals surface area (Å²) in [5.41, 5.74) is 0.741. The number of phenolic OH excluding ortho intramolecular Hbond substituents is 1. The van der Waals surface area contributed by atoms with Crippen LogP contribution in [0.5, 0.6) is 5.75 Å². The van der Waals surface area contributed by atoms with E-state index < -0.39 is 0 Å². The van der Waals surface area contributed by atoms with Crippen molar-refractivity contribution >= 4 is 35.8 Å². The number of carbonyl (C=O) groups excluding carboxylic acids is 1. The minimum Gasteiger partial charge on any atom is -0.508 e. The Kier molecular flexibility index (Phi) is 9.72. The van der Waals surface area contributed by atoms with Crippen molar-refractivity contribution in [1.82, 2.24) is 15.5 Å². The van der Waals surface area contributed by atoms with Gasteiger partial charge in [-0.1, -0.05) is 12.1 Å². The normalized spacial score (nSPS) is 11.5. The van der Waals surface area contributed by atoms with Crippen molar-refractivity contribution in [2.24, 2.45) is 4.99 Å². The lowest BCUT2D eigenvalue weighted by molar-refractivity contribution is -0.122. The van der Waals surface area contributed by atoms with Crippen molar-refractivity contribution in [3.8, 4) is 5.75 Å². The Hall–Kier alpha value is -1.51. The third-order valence-corrected chi connectivity index (χ3v) is 2.94. The topological polar surface area (TPSA) is 77.0 Å². The SMILES string of the molecule is CCNC(=NCc1ccc(O)cc1)N(C)CC(=O)NC(C)(C)C.I. The van der Waals surface area contributed by atoms with Gasteiger partial charge in [0.05, 0.1) is 13.1 Å². The third kappa shape index (κ3) is 8.95. The van der Waals surface area contributed by atoms with Crippen LogP contribution >= 0.6 is 24.0 Å². The lowest BCUT2D eigenvalue weighted by Crippen LogP contribution is -2.48. The number of guanidine groups is 1. The van der Waals surface area contributed by atoms with E-state index in [1.807, 2.05) is 46.9 Å². The first-order valence-corrected chi connectivity index (χ1v) is 7.79. The number of phenols is 1. The van der Waals surface area contributed by atoms with Crippen LogP contribution < -0.4 is 10.6 Å². The number of hydrogen-bond donors (Lipinski definition) is 3. The van der Waals surface area contributed by atoms with E-state index in [0.29, 0.717) is 12.5 Å². The Bertz CT molecular complexity index is 539. The Morgan fingerprint density at radius 2 is 1.83 bits per heavy atom. The van der Waals surface area contributed by atoms with Crippen LogP contribution in [0.3, 0.4) is 0 Å². The van der Waals surface area contributed by atoms with E-state index >= 15 is 0 Å². The van der Waals surface area contributed by atoms with Gasteiger partial charge in [-0.05, 0) is 45.4 Å². The number of aromatic hydroxyl groups is 1. The van der Waals surface area contributed by atoms with E-state index in [2.05, 4.69) is 15.6 Å². The first-order valence-electron chi connectivity index (χ1n) is 7.79. The molecule has 0 atom stereocenters. The molecular formula is C17H29IN4O2. The molecule has 0 aromatic heterocycles. The number of likely N-dealkylation sites (N-methyl/N-ethyl adjacent to an activating group) is 1. The molecule has 0 heterocycles. The van der Waals surface area contributed by atoms with Gasteiger partial charge in [-0.3, -0.25) is 4.79 Å². The van der Waals surface area contributed by atoms with Crippen LogP contribution in [0.2, 0.25) is 0 Å². The molecule has 1 rings (SSSR count). The van der Waals surface area contributed by atoms with Crippen LogP contribution in [0.4, 0.5) is 0 Å². The number of nitrogens with one attached hydrogen (secondary N) is 2. The maximum atomic E-state index is 12.0. The number of aliphatic imine (C=N–C) groups is 1. The number of hydrogen-bond acceptors (Lipinski definition) is 3. The summed E-state index contributed by atoms with van der Waals surface area (Å²) in [6.45, 7) is 9.28.